The zero-order valence-corrected chi connectivity index (χ0v) is 17.3. The van der Waals surface area contributed by atoms with Gasteiger partial charge in [0.05, 0.1) is 32.4 Å². The maximum absolute atomic E-state index is 12.0. The summed E-state index contributed by atoms with van der Waals surface area (Å²) in [5.41, 5.74) is 3.57. The van der Waals surface area contributed by atoms with Crippen LogP contribution in [-0.4, -0.2) is 26.8 Å². The Labute approximate surface area is 167 Å². The number of ether oxygens (including phenoxy) is 3. The predicted molar refractivity (Wildman–Crippen MR) is 107 cm³/mol. The van der Waals surface area contributed by atoms with E-state index in [4.69, 9.17) is 14.2 Å². The number of fused-ring (bicyclic) bond motifs is 4. The first-order chi connectivity index (χ1) is 12.9. The molecule has 2 aromatic rings. The molecule has 2 aromatic carbocycles. The Balaban J connectivity index is 1.84. The average Bonchev–Trinajstić information content (AvgIpc) is 2.66. The number of nitrogens with one attached hydrogen (secondary N) is 1. The number of benzene rings is 2. The van der Waals surface area contributed by atoms with Gasteiger partial charge >= 0.3 is 5.97 Å². The first-order valence-corrected chi connectivity index (χ1v) is 9.65. The molecule has 0 spiro atoms. The van der Waals surface area contributed by atoms with E-state index in [1.807, 2.05) is 18.2 Å². The number of hydrogen-bond donors (Lipinski definition) is 1. The molecule has 0 aliphatic carbocycles. The maximum Gasteiger partial charge on any atom is 0.337 e. The number of hydrogen-bond acceptors (Lipinski definition) is 5. The summed E-state index contributed by atoms with van der Waals surface area (Å²) in [6, 6.07) is 9.79. The van der Waals surface area contributed by atoms with E-state index in [-0.39, 0.29) is 23.3 Å². The molecule has 6 heteroatoms. The molecule has 0 fully saturated rings. The molecule has 0 unspecified atom stereocenters. The molecular formula is C21H22BrNO4. The van der Waals surface area contributed by atoms with Crippen molar-refractivity contribution in [1.82, 2.24) is 0 Å². The summed E-state index contributed by atoms with van der Waals surface area (Å²) in [5.74, 6) is 1.39. The van der Waals surface area contributed by atoms with Crippen molar-refractivity contribution in [2.45, 2.75) is 25.3 Å². The Hall–Kier alpha value is -2.21. The second kappa shape index (κ2) is 6.44. The smallest absolute Gasteiger partial charge is 0.337 e. The Kier molecular flexibility index (Phi) is 4.34. The van der Waals surface area contributed by atoms with Gasteiger partial charge in [0.25, 0.3) is 0 Å². The third-order valence-corrected chi connectivity index (χ3v) is 6.24. The Morgan fingerprint density at radius 2 is 2.04 bits per heavy atom. The quantitative estimate of drug-likeness (QED) is 0.698. The van der Waals surface area contributed by atoms with Crippen LogP contribution < -0.4 is 14.8 Å². The summed E-state index contributed by atoms with van der Waals surface area (Å²) in [5, 5.41) is 3.66. The second-order valence-corrected chi connectivity index (χ2v) is 8.46. The van der Waals surface area contributed by atoms with Gasteiger partial charge in [0.2, 0.25) is 0 Å². The minimum Gasteiger partial charge on any atom is -0.493 e. The lowest BCUT2D eigenvalue weighted by atomic mass is 9.65. The molecule has 4 rings (SSSR count). The zero-order chi connectivity index (χ0) is 19.3. The lowest BCUT2D eigenvalue weighted by Crippen LogP contribution is -2.46. The Morgan fingerprint density at radius 1 is 1.26 bits per heavy atom. The van der Waals surface area contributed by atoms with E-state index in [0.29, 0.717) is 12.2 Å². The van der Waals surface area contributed by atoms with Crippen LogP contribution in [-0.2, 0) is 10.2 Å². The van der Waals surface area contributed by atoms with E-state index < -0.39 is 0 Å². The fraction of sp³-hybridized carbons (Fsp3) is 0.381. The standard InChI is InChI=1S/C21H22BrNO4/c1-21(2)14-7-11(20(24)26-4)5-6-16(14)23-18-13-8-12(22)9-17(25-3)19(13)27-10-15(18)21/h5-9,15,18,23H,10H2,1-4H3/t15-,18-/m1/s1. The zero-order valence-electron chi connectivity index (χ0n) is 15.8. The number of rotatable bonds is 2. The number of methoxy groups -OCH3 is 2. The molecule has 0 bridgehead atoms. The lowest BCUT2D eigenvalue weighted by molar-refractivity contribution is 0.0600. The van der Waals surface area contributed by atoms with Crippen LogP contribution in [0.15, 0.2) is 34.8 Å². The summed E-state index contributed by atoms with van der Waals surface area (Å²) in [7, 11) is 3.05. The molecule has 0 aromatic heterocycles. The third kappa shape index (κ3) is 2.78. The number of carbonyl (C=O) groups excluding carboxylic acids is 1. The largest absolute Gasteiger partial charge is 0.493 e. The van der Waals surface area contributed by atoms with Crippen molar-refractivity contribution in [3.63, 3.8) is 0 Å². The van der Waals surface area contributed by atoms with Crippen LogP contribution in [0.4, 0.5) is 5.69 Å². The molecule has 27 heavy (non-hydrogen) atoms. The number of esters is 1. The monoisotopic (exact) mass is 431 g/mol. The van der Waals surface area contributed by atoms with Gasteiger partial charge < -0.3 is 19.5 Å². The van der Waals surface area contributed by atoms with Gasteiger partial charge in [0, 0.05) is 27.1 Å². The molecule has 142 valence electrons. The van der Waals surface area contributed by atoms with Crippen LogP contribution in [0.2, 0.25) is 0 Å². The van der Waals surface area contributed by atoms with Gasteiger partial charge in [0.1, 0.15) is 0 Å². The summed E-state index contributed by atoms with van der Waals surface area (Å²) in [6.45, 7) is 4.97. The van der Waals surface area contributed by atoms with E-state index in [9.17, 15) is 4.79 Å². The van der Waals surface area contributed by atoms with Gasteiger partial charge in [-0.05, 0) is 35.9 Å². The number of anilines is 1. The van der Waals surface area contributed by atoms with Crippen molar-refractivity contribution < 1.29 is 19.0 Å². The van der Waals surface area contributed by atoms with Crippen LogP contribution in [0.25, 0.3) is 0 Å². The normalized spacial score (nSPS) is 21.7. The maximum atomic E-state index is 12.0. The van der Waals surface area contributed by atoms with Crippen molar-refractivity contribution in [1.29, 1.82) is 0 Å². The molecule has 2 atom stereocenters. The summed E-state index contributed by atoms with van der Waals surface area (Å²) >= 11 is 3.58. The van der Waals surface area contributed by atoms with E-state index >= 15 is 0 Å². The molecule has 2 aliphatic heterocycles. The van der Waals surface area contributed by atoms with Gasteiger partial charge in [-0.1, -0.05) is 29.8 Å². The summed E-state index contributed by atoms with van der Waals surface area (Å²) in [4.78, 5) is 12.0. The van der Waals surface area contributed by atoms with Crippen molar-refractivity contribution in [2.24, 2.45) is 5.92 Å². The van der Waals surface area contributed by atoms with E-state index in [0.717, 1.165) is 32.8 Å². The number of carbonyl (C=O) groups is 1. The van der Waals surface area contributed by atoms with Crippen molar-refractivity contribution >= 4 is 27.6 Å². The molecule has 0 saturated carbocycles. The first-order valence-electron chi connectivity index (χ1n) is 8.86. The van der Waals surface area contributed by atoms with Crippen LogP contribution in [0, 0.1) is 5.92 Å². The Bertz CT molecular complexity index is 925. The van der Waals surface area contributed by atoms with Crippen LogP contribution >= 0.6 is 15.9 Å². The SMILES string of the molecule is COC(=O)c1ccc2c(c1)C(C)(C)[C@@H]1COc3c(OC)cc(Br)cc3[C@H]1N2. The Morgan fingerprint density at radius 3 is 2.74 bits per heavy atom. The fourth-order valence-electron chi connectivity index (χ4n) is 4.23. The molecule has 0 radical (unpaired) electrons. The van der Waals surface area contributed by atoms with E-state index in [2.05, 4.69) is 41.2 Å². The molecule has 0 saturated heterocycles. The summed E-state index contributed by atoms with van der Waals surface area (Å²) < 4.78 is 17.5. The van der Waals surface area contributed by atoms with Crippen LogP contribution in [0.5, 0.6) is 11.5 Å². The molecular weight excluding hydrogens is 410 g/mol. The first kappa shape index (κ1) is 18.2. The summed E-state index contributed by atoms with van der Waals surface area (Å²) in [6.07, 6.45) is 0. The van der Waals surface area contributed by atoms with Crippen LogP contribution in [0.3, 0.4) is 0 Å². The van der Waals surface area contributed by atoms with Crippen molar-refractivity contribution in [3.8, 4) is 11.5 Å². The minimum absolute atomic E-state index is 0.0895. The highest BCUT2D eigenvalue weighted by Crippen LogP contribution is 2.54. The van der Waals surface area contributed by atoms with Crippen molar-refractivity contribution in [3.05, 3.63) is 51.5 Å². The van der Waals surface area contributed by atoms with Gasteiger partial charge in [-0.15, -0.1) is 0 Å². The topological polar surface area (TPSA) is 56.8 Å². The average molecular weight is 432 g/mol. The van der Waals surface area contributed by atoms with E-state index in [1.165, 1.54) is 7.11 Å². The van der Waals surface area contributed by atoms with Gasteiger partial charge in [-0.25, -0.2) is 4.79 Å². The minimum atomic E-state index is -0.324. The molecule has 2 aliphatic rings. The molecule has 1 N–H and O–H groups in total. The van der Waals surface area contributed by atoms with Gasteiger partial charge in [-0.3, -0.25) is 0 Å². The highest BCUT2D eigenvalue weighted by molar-refractivity contribution is 9.10. The highest BCUT2D eigenvalue weighted by atomic mass is 79.9. The van der Waals surface area contributed by atoms with Crippen molar-refractivity contribution in [2.75, 3.05) is 26.1 Å². The third-order valence-electron chi connectivity index (χ3n) is 5.79. The molecule has 2 heterocycles. The van der Waals surface area contributed by atoms with E-state index in [1.54, 1.807) is 13.2 Å². The predicted octanol–water partition coefficient (Wildman–Crippen LogP) is 4.70. The van der Waals surface area contributed by atoms with Gasteiger partial charge in [-0.2, -0.15) is 0 Å². The number of halogens is 1. The highest BCUT2D eigenvalue weighted by Gasteiger charge is 2.47. The van der Waals surface area contributed by atoms with Crippen LogP contribution in [0.1, 0.15) is 41.4 Å². The molecule has 5 nitrogen and oxygen atoms in total. The lowest BCUT2D eigenvalue weighted by Gasteiger charge is -2.48. The second-order valence-electron chi connectivity index (χ2n) is 7.54. The molecule has 0 amide bonds. The fourth-order valence-corrected chi connectivity index (χ4v) is 4.69. The van der Waals surface area contributed by atoms with Gasteiger partial charge in [0.15, 0.2) is 11.5 Å².